The summed E-state index contributed by atoms with van der Waals surface area (Å²) in [5, 5.41) is 6.83. The fourth-order valence-electron chi connectivity index (χ4n) is 1.03. The van der Waals surface area contributed by atoms with Crippen molar-refractivity contribution < 1.29 is 13.2 Å². The average molecular weight is 263 g/mol. The molecule has 2 heterocycles. The van der Waals surface area contributed by atoms with E-state index < -0.39 is 11.7 Å². The van der Waals surface area contributed by atoms with Crippen LogP contribution in [0.25, 0.3) is 10.7 Å². The number of nitrogens with one attached hydrogen (secondary N) is 1. The first-order valence-corrected chi connectivity index (χ1v) is 5.28. The number of alkyl halides is 3. The lowest BCUT2D eigenvalue weighted by Crippen LogP contribution is -2.05. The monoisotopic (exact) mass is 263 g/mol. The van der Waals surface area contributed by atoms with Crippen LogP contribution in [0.2, 0.25) is 0 Å². The molecule has 0 aliphatic carbocycles. The molecule has 0 atom stereocenters. The van der Waals surface area contributed by atoms with Gasteiger partial charge in [-0.05, 0) is 24.4 Å². The van der Waals surface area contributed by atoms with Crippen molar-refractivity contribution in [1.29, 1.82) is 0 Å². The smallest absolute Gasteiger partial charge is 0.258 e. The number of hydrogen-bond donors (Lipinski definition) is 1. The van der Waals surface area contributed by atoms with Gasteiger partial charge >= 0.3 is 6.18 Å². The second-order valence-electron chi connectivity index (χ2n) is 2.85. The maximum Gasteiger partial charge on any atom is 0.417 e. The summed E-state index contributed by atoms with van der Waals surface area (Å²) in [7, 11) is 0. The molecule has 0 unspecified atom stereocenters. The van der Waals surface area contributed by atoms with Crippen LogP contribution >= 0.6 is 23.6 Å². The minimum atomic E-state index is -4.37. The summed E-state index contributed by atoms with van der Waals surface area (Å²) < 4.78 is 37.2. The lowest BCUT2D eigenvalue weighted by molar-refractivity contribution is -0.137. The van der Waals surface area contributed by atoms with Crippen LogP contribution in [-0.4, -0.2) is 15.2 Å². The number of aromatic nitrogens is 3. The zero-order valence-corrected chi connectivity index (χ0v) is 9.21. The number of H-pyrrole nitrogens is 1. The summed E-state index contributed by atoms with van der Waals surface area (Å²) in [5.41, 5.74) is -0.416. The first kappa shape index (κ1) is 11.2. The van der Waals surface area contributed by atoms with Crippen LogP contribution in [0.5, 0.6) is 0 Å². The molecule has 0 aliphatic rings. The van der Waals surface area contributed by atoms with Crippen molar-refractivity contribution in [3.8, 4) is 10.7 Å². The molecule has 0 aliphatic heterocycles. The van der Waals surface area contributed by atoms with Crippen molar-refractivity contribution in [1.82, 2.24) is 15.2 Å². The molecule has 16 heavy (non-hydrogen) atoms. The average Bonchev–Trinajstić information content (AvgIpc) is 2.64. The Hall–Kier alpha value is -1.28. The predicted molar refractivity (Wildman–Crippen MR) is 55.5 cm³/mol. The van der Waals surface area contributed by atoms with E-state index in [1.807, 2.05) is 0 Å². The first-order valence-electron chi connectivity index (χ1n) is 4.06. The van der Waals surface area contributed by atoms with Gasteiger partial charge in [-0.2, -0.15) is 18.3 Å². The number of hydrogen-bond acceptors (Lipinski definition) is 4. The van der Waals surface area contributed by atoms with Gasteiger partial charge in [-0.3, -0.25) is 10.1 Å². The molecule has 0 saturated heterocycles. The minimum Gasteiger partial charge on any atom is -0.258 e. The molecule has 0 amide bonds. The maximum atomic E-state index is 12.3. The summed E-state index contributed by atoms with van der Waals surface area (Å²) in [4.78, 5) is 3.69. The number of rotatable bonds is 1. The molecule has 3 nitrogen and oxygen atoms in total. The number of nitrogens with zero attached hydrogens (tertiary/aromatic N) is 2. The Morgan fingerprint density at radius 1 is 1.31 bits per heavy atom. The van der Waals surface area contributed by atoms with Crippen LogP contribution in [0.15, 0.2) is 18.3 Å². The molecule has 2 aromatic heterocycles. The highest BCUT2D eigenvalue weighted by Gasteiger charge is 2.30. The van der Waals surface area contributed by atoms with Gasteiger partial charge in [-0.1, -0.05) is 11.3 Å². The molecule has 0 aromatic carbocycles. The largest absolute Gasteiger partial charge is 0.417 e. The van der Waals surface area contributed by atoms with E-state index in [1.165, 1.54) is 6.07 Å². The summed E-state index contributed by atoms with van der Waals surface area (Å²) in [6.45, 7) is 0. The highest BCUT2D eigenvalue weighted by Crippen LogP contribution is 2.29. The van der Waals surface area contributed by atoms with E-state index in [0.717, 1.165) is 23.6 Å². The minimum absolute atomic E-state index is 0.366. The topological polar surface area (TPSA) is 41.6 Å². The predicted octanol–water partition coefficient (Wildman–Crippen LogP) is 3.28. The van der Waals surface area contributed by atoms with Gasteiger partial charge < -0.3 is 0 Å². The molecule has 0 bridgehead atoms. The van der Waals surface area contributed by atoms with Crippen molar-refractivity contribution >= 4 is 23.6 Å². The summed E-state index contributed by atoms with van der Waals surface area (Å²) in [6.07, 6.45) is -3.59. The first-order chi connectivity index (χ1) is 7.47. The molecule has 0 radical (unpaired) electrons. The molecule has 0 fully saturated rings. The Morgan fingerprint density at radius 3 is 2.50 bits per heavy atom. The van der Waals surface area contributed by atoms with Crippen molar-refractivity contribution in [2.75, 3.05) is 0 Å². The molecule has 84 valence electrons. The fourth-order valence-corrected chi connectivity index (χ4v) is 1.89. The van der Waals surface area contributed by atoms with Crippen LogP contribution in [0.4, 0.5) is 13.2 Å². The van der Waals surface area contributed by atoms with Gasteiger partial charge in [-0.25, -0.2) is 0 Å². The third-order valence-electron chi connectivity index (χ3n) is 1.75. The van der Waals surface area contributed by atoms with Crippen molar-refractivity contribution in [3.05, 3.63) is 27.8 Å². The normalized spacial score (nSPS) is 11.7. The van der Waals surface area contributed by atoms with Gasteiger partial charge in [-0.15, -0.1) is 0 Å². The Kier molecular flexibility index (Phi) is 2.76. The van der Waals surface area contributed by atoms with Crippen LogP contribution in [0.1, 0.15) is 5.56 Å². The zero-order valence-electron chi connectivity index (χ0n) is 7.58. The standard InChI is InChI=1S/C8H4F3N3S2/c9-8(10,11)4-1-2-5(12-3-4)6-13-14-7(15)16-6/h1-3H,(H,14,15). The third-order valence-corrected chi connectivity index (χ3v) is 2.86. The van der Waals surface area contributed by atoms with E-state index in [2.05, 4.69) is 15.2 Å². The number of pyridine rings is 1. The van der Waals surface area contributed by atoms with Crippen LogP contribution in [-0.2, 0) is 6.18 Å². The summed E-state index contributed by atoms with van der Waals surface area (Å²) in [6, 6.07) is 2.23. The summed E-state index contributed by atoms with van der Waals surface area (Å²) in [5.74, 6) is 0. The van der Waals surface area contributed by atoms with E-state index in [9.17, 15) is 13.2 Å². The molecule has 2 aromatic rings. The fraction of sp³-hybridized carbons (Fsp3) is 0.125. The van der Waals surface area contributed by atoms with Crippen LogP contribution in [0.3, 0.4) is 0 Å². The molecule has 0 saturated carbocycles. The molecule has 8 heteroatoms. The summed E-state index contributed by atoms with van der Waals surface area (Å²) >= 11 is 5.97. The van der Waals surface area contributed by atoms with Crippen LogP contribution in [0, 0.1) is 3.95 Å². The van der Waals surface area contributed by atoms with Crippen LogP contribution < -0.4 is 0 Å². The quantitative estimate of drug-likeness (QED) is 0.803. The number of halogens is 3. The van der Waals surface area contributed by atoms with E-state index >= 15 is 0 Å². The van der Waals surface area contributed by atoms with Gasteiger partial charge in [0.15, 0.2) is 8.96 Å². The Morgan fingerprint density at radius 2 is 2.06 bits per heavy atom. The molecule has 0 spiro atoms. The van der Waals surface area contributed by atoms with E-state index in [1.54, 1.807) is 0 Å². The van der Waals surface area contributed by atoms with Gasteiger partial charge in [0.05, 0.1) is 5.56 Å². The molecule has 2 rings (SSSR count). The number of aromatic amines is 1. The Labute approximate surface area is 97.0 Å². The van der Waals surface area contributed by atoms with Crippen molar-refractivity contribution in [2.24, 2.45) is 0 Å². The lowest BCUT2D eigenvalue weighted by Gasteiger charge is -2.05. The van der Waals surface area contributed by atoms with Crippen molar-refractivity contribution in [2.45, 2.75) is 6.18 Å². The zero-order chi connectivity index (χ0) is 11.8. The second kappa shape index (κ2) is 3.95. The highest BCUT2D eigenvalue weighted by molar-refractivity contribution is 7.73. The Balaban J connectivity index is 2.36. The lowest BCUT2D eigenvalue weighted by atomic mass is 10.2. The van der Waals surface area contributed by atoms with E-state index in [4.69, 9.17) is 12.2 Å². The maximum absolute atomic E-state index is 12.3. The molecular formula is C8H4F3N3S2. The van der Waals surface area contributed by atoms with Gasteiger partial charge in [0.25, 0.3) is 0 Å². The van der Waals surface area contributed by atoms with Gasteiger partial charge in [0.2, 0.25) is 0 Å². The molecule has 1 N–H and O–H groups in total. The van der Waals surface area contributed by atoms with E-state index in [0.29, 0.717) is 14.7 Å². The van der Waals surface area contributed by atoms with E-state index in [-0.39, 0.29) is 0 Å². The SMILES string of the molecule is FC(F)(F)c1ccc(-c2n[nH]c(=S)s2)nc1. The van der Waals surface area contributed by atoms with Gasteiger partial charge in [0, 0.05) is 6.20 Å². The van der Waals surface area contributed by atoms with Gasteiger partial charge in [0.1, 0.15) is 5.69 Å². The highest BCUT2D eigenvalue weighted by atomic mass is 32.1. The molecular weight excluding hydrogens is 259 g/mol. The second-order valence-corrected chi connectivity index (χ2v) is 4.51. The van der Waals surface area contributed by atoms with Crippen molar-refractivity contribution in [3.63, 3.8) is 0 Å². The Bertz CT molecular complexity index is 541. The third kappa shape index (κ3) is 2.27.